The number of aryl methyl sites for hydroxylation is 1. The van der Waals surface area contributed by atoms with Crippen molar-refractivity contribution in [1.29, 1.82) is 0 Å². The number of rotatable bonds is 1. The highest BCUT2D eigenvalue weighted by atomic mass is 79.9. The van der Waals surface area contributed by atoms with Crippen LogP contribution in [0.5, 0.6) is 0 Å². The molecule has 0 unspecified atom stereocenters. The Labute approximate surface area is 83.5 Å². The standard InChI is InChI=1S/C8H7BrN4/c1-5-2-3-6(7(9)4-5)8-10-12-13-11-8/h2-4H,1H3,(H,10,11,12,13). The molecular formula is C8H7BrN4. The highest BCUT2D eigenvalue weighted by Crippen LogP contribution is 2.25. The number of nitrogens with one attached hydrogen (secondary N) is 1. The summed E-state index contributed by atoms with van der Waals surface area (Å²) in [4.78, 5) is 0. The SMILES string of the molecule is Cc1ccc(-c2nn[nH]n2)c(Br)c1. The third-order valence-electron chi connectivity index (χ3n) is 1.71. The number of H-pyrrole nitrogens is 1. The molecule has 1 aromatic carbocycles. The van der Waals surface area contributed by atoms with Crippen molar-refractivity contribution in [2.75, 3.05) is 0 Å². The van der Waals surface area contributed by atoms with E-state index in [2.05, 4.69) is 36.6 Å². The highest BCUT2D eigenvalue weighted by Gasteiger charge is 2.06. The summed E-state index contributed by atoms with van der Waals surface area (Å²) in [6.45, 7) is 2.03. The van der Waals surface area contributed by atoms with Gasteiger partial charge in [0.1, 0.15) is 0 Å². The van der Waals surface area contributed by atoms with Crippen LogP contribution in [0.4, 0.5) is 0 Å². The molecule has 0 radical (unpaired) electrons. The first-order chi connectivity index (χ1) is 6.27. The predicted octanol–water partition coefficient (Wildman–Crippen LogP) is 1.94. The van der Waals surface area contributed by atoms with Crippen LogP contribution in [-0.2, 0) is 0 Å². The number of hydrogen-bond donors (Lipinski definition) is 1. The molecule has 0 aliphatic heterocycles. The van der Waals surface area contributed by atoms with E-state index in [1.807, 2.05) is 25.1 Å². The fourth-order valence-electron chi connectivity index (χ4n) is 1.08. The van der Waals surface area contributed by atoms with Crippen LogP contribution < -0.4 is 0 Å². The van der Waals surface area contributed by atoms with E-state index >= 15 is 0 Å². The molecule has 4 nitrogen and oxygen atoms in total. The van der Waals surface area contributed by atoms with E-state index < -0.39 is 0 Å². The second-order valence-electron chi connectivity index (χ2n) is 2.72. The summed E-state index contributed by atoms with van der Waals surface area (Å²) < 4.78 is 0.980. The van der Waals surface area contributed by atoms with Gasteiger partial charge in [-0.05, 0) is 29.8 Å². The van der Waals surface area contributed by atoms with Crippen molar-refractivity contribution >= 4 is 15.9 Å². The van der Waals surface area contributed by atoms with Crippen molar-refractivity contribution in [1.82, 2.24) is 20.6 Å². The molecule has 2 rings (SSSR count). The number of halogens is 1. The Bertz CT molecular complexity index is 410. The third kappa shape index (κ3) is 1.60. The van der Waals surface area contributed by atoms with Gasteiger partial charge in [-0.3, -0.25) is 0 Å². The lowest BCUT2D eigenvalue weighted by Crippen LogP contribution is -1.83. The first-order valence-corrected chi connectivity index (χ1v) is 4.56. The van der Waals surface area contributed by atoms with Gasteiger partial charge in [0, 0.05) is 10.0 Å². The molecule has 0 spiro atoms. The lowest BCUT2D eigenvalue weighted by atomic mass is 10.1. The molecule has 1 N–H and O–H groups in total. The molecule has 66 valence electrons. The van der Waals surface area contributed by atoms with Crippen LogP contribution in [0.3, 0.4) is 0 Å². The molecule has 0 aliphatic rings. The van der Waals surface area contributed by atoms with Gasteiger partial charge >= 0.3 is 0 Å². The van der Waals surface area contributed by atoms with E-state index in [1.165, 1.54) is 5.56 Å². The molecule has 0 amide bonds. The van der Waals surface area contributed by atoms with Gasteiger partial charge in [-0.25, -0.2) is 0 Å². The molecule has 2 aromatic rings. The quantitative estimate of drug-likeness (QED) is 0.827. The number of nitrogens with zero attached hydrogens (tertiary/aromatic N) is 3. The minimum atomic E-state index is 0.604. The van der Waals surface area contributed by atoms with Gasteiger partial charge in [0.25, 0.3) is 0 Å². The average Bonchev–Trinajstić information content (AvgIpc) is 2.56. The smallest absolute Gasteiger partial charge is 0.177 e. The second-order valence-corrected chi connectivity index (χ2v) is 3.57. The van der Waals surface area contributed by atoms with E-state index in [1.54, 1.807) is 0 Å². The molecule has 13 heavy (non-hydrogen) atoms. The van der Waals surface area contributed by atoms with Crippen molar-refractivity contribution in [3.05, 3.63) is 28.2 Å². The summed E-state index contributed by atoms with van der Waals surface area (Å²) in [6.07, 6.45) is 0. The molecule has 1 heterocycles. The maximum Gasteiger partial charge on any atom is 0.205 e. The van der Waals surface area contributed by atoms with Crippen molar-refractivity contribution in [2.24, 2.45) is 0 Å². The van der Waals surface area contributed by atoms with Gasteiger partial charge in [-0.15, -0.1) is 10.2 Å². The van der Waals surface area contributed by atoms with Crippen LogP contribution in [0.2, 0.25) is 0 Å². The zero-order chi connectivity index (χ0) is 9.26. The minimum absolute atomic E-state index is 0.604. The van der Waals surface area contributed by atoms with Crippen molar-refractivity contribution in [2.45, 2.75) is 6.92 Å². The zero-order valence-corrected chi connectivity index (χ0v) is 8.54. The molecular weight excluding hydrogens is 232 g/mol. The molecule has 0 saturated heterocycles. The Morgan fingerprint density at radius 2 is 2.23 bits per heavy atom. The number of aromatic amines is 1. The van der Waals surface area contributed by atoms with Crippen LogP contribution in [0.15, 0.2) is 22.7 Å². The fraction of sp³-hybridized carbons (Fsp3) is 0.125. The summed E-state index contributed by atoms with van der Waals surface area (Å²) in [6, 6.07) is 5.99. The van der Waals surface area contributed by atoms with Crippen LogP contribution in [0, 0.1) is 6.92 Å². The Kier molecular flexibility index (Phi) is 2.10. The number of tetrazole rings is 1. The van der Waals surface area contributed by atoms with Crippen LogP contribution in [0.25, 0.3) is 11.4 Å². The molecule has 0 aliphatic carbocycles. The lowest BCUT2D eigenvalue weighted by molar-refractivity contribution is 0.881. The largest absolute Gasteiger partial charge is 0.205 e. The van der Waals surface area contributed by atoms with Crippen LogP contribution >= 0.6 is 15.9 Å². The van der Waals surface area contributed by atoms with Crippen molar-refractivity contribution in [3.8, 4) is 11.4 Å². The maximum atomic E-state index is 3.90. The zero-order valence-electron chi connectivity index (χ0n) is 6.95. The van der Waals surface area contributed by atoms with E-state index in [0.717, 1.165) is 10.0 Å². The number of hydrogen-bond acceptors (Lipinski definition) is 3. The Morgan fingerprint density at radius 1 is 1.38 bits per heavy atom. The number of aromatic nitrogens is 4. The fourth-order valence-corrected chi connectivity index (χ4v) is 1.75. The molecule has 5 heteroatoms. The maximum absolute atomic E-state index is 3.90. The number of benzene rings is 1. The van der Waals surface area contributed by atoms with E-state index in [9.17, 15) is 0 Å². The third-order valence-corrected chi connectivity index (χ3v) is 2.37. The van der Waals surface area contributed by atoms with Crippen LogP contribution in [-0.4, -0.2) is 20.6 Å². The molecule has 0 atom stereocenters. The Balaban J connectivity index is 2.53. The van der Waals surface area contributed by atoms with Crippen molar-refractivity contribution < 1.29 is 0 Å². The van der Waals surface area contributed by atoms with E-state index in [-0.39, 0.29) is 0 Å². The Hall–Kier alpha value is -1.23. The van der Waals surface area contributed by atoms with E-state index in [0.29, 0.717) is 5.82 Å². The van der Waals surface area contributed by atoms with Gasteiger partial charge < -0.3 is 0 Å². The summed E-state index contributed by atoms with van der Waals surface area (Å²) >= 11 is 3.45. The molecule has 1 aromatic heterocycles. The monoisotopic (exact) mass is 238 g/mol. The summed E-state index contributed by atoms with van der Waals surface area (Å²) in [7, 11) is 0. The highest BCUT2D eigenvalue weighted by molar-refractivity contribution is 9.10. The normalized spacial score (nSPS) is 10.3. The molecule has 0 saturated carbocycles. The lowest BCUT2D eigenvalue weighted by Gasteiger charge is -1.99. The minimum Gasteiger partial charge on any atom is -0.177 e. The van der Waals surface area contributed by atoms with Crippen LogP contribution in [0.1, 0.15) is 5.56 Å². The first kappa shape index (κ1) is 8.37. The van der Waals surface area contributed by atoms with Gasteiger partial charge in [-0.2, -0.15) is 5.21 Å². The summed E-state index contributed by atoms with van der Waals surface area (Å²) in [5, 5.41) is 13.7. The Morgan fingerprint density at radius 3 is 2.85 bits per heavy atom. The predicted molar refractivity (Wildman–Crippen MR) is 52.1 cm³/mol. The van der Waals surface area contributed by atoms with Crippen molar-refractivity contribution in [3.63, 3.8) is 0 Å². The average molecular weight is 239 g/mol. The molecule has 0 fully saturated rings. The van der Waals surface area contributed by atoms with Gasteiger partial charge in [0.15, 0.2) is 0 Å². The molecule has 0 bridgehead atoms. The van der Waals surface area contributed by atoms with Gasteiger partial charge in [-0.1, -0.05) is 22.0 Å². The topological polar surface area (TPSA) is 54.5 Å². The van der Waals surface area contributed by atoms with Gasteiger partial charge in [0.05, 0.1) is 0 Å². The van der Waals surface area contributed by atoms with Gasteiger partial charge in [0.2, 0.25) is 5.82 Å². The van der Waals surface area contributed by atoms with E-state index in [4.69, 9.17) is 0 Å². The first-order valence-electron chi connectivity index (χ1n) is 3.77. The summed E-state index contributed by atoms with van der Waals surface area (Å²) in [5.41, 5.74) is 2.14. The summed E-state index contributed by atoms with van der Waals surface area (Å²) in [5.74, 6) is 0.604. The second kappa shape index (κ2) is 3.26.